The van der Waals surface area contributed by atoms with Gasteiger partial charge in [0.15, 0.2) is 5.96 Å². The summed E-state index contributed by atoms with van der Waals surface area (Å²) in [5.41, 5.74) is 26.8. The molecule has 2 unspecified atom stereocenters. The number of rotatable bonds is 8. The zero-order valence-electron chi connectivity index (χ0n) is 13.5. The average molecular weight is 338 g/mol. The molecule has 11 N–H and O–H groups in total. The van der Waals surface area contributed by atoms with Crippen molar-refractivity contribution < 1.29 is 14.7 Å². The highest BCUT2D eigenvalue weighted by Crippen LogP contribution is 2.00. The molecule has 9 heteroatoms. The molecule has 0 saturated carbocycles. The number of hydrogen-bond acceptors (Lipinski definition) is 5. The minimum atomic E-state index is -1.00. The second kappa shape index (κ2) is 11.9. The molecule has 1 aromatic carbocycles. The van der Waals surface area contributed by atoms with Gasteiger partial charge < -0.3 is 33.8 Å². The van der Waals surface area contributed by atoms with Crippen molar-refractivity contribution in [1.82, 2.24) is 0 Å². The molecule has 134 valence electrons. The maximum absolute atomic E-state index is 10.6. The molecule has 1 rings (SSSR count). The van der Waals surface area contributed by atoms with E-state index >= 15 is 0 Å². The first-order valence-electron chi connectivity index (χ1n) is 7.36. The second-order valence-electron chi connectivity index (χ2n) is 5.09. The van der Waals surface area contributed by atoms with Crippen LogP contribution in [0.25, 0.3) is 0 Å². The van der Waals surface area contributed by atoms with Crippen molar-refractivity contribution in [2.75, 3.05) is 6.54 Å². The summed E-state index contributed by atoms with van der Waals surface area (Å²) in [5, 5.41) is 8.38. The molecule has 1 amide bonds. The number of carboxylic acids is 1. The molecule has 0 spiro atoms. The first kappa shape index (κ1) is 21.4. The van der Waals surface area contributed by atoms with E-state index in [2.05, 4.69) is 4.99 Å². The van der Waals surface area contributed by atoms with Gasteiger partial charge in [-0.25, -0.2) is 0 Å². The summed E-state index contributed by atoms with van der Waals surface area (Å²) in [6.07, 6.45) is 1.47. The van der Waals surface area contributed by atoms with Crippen molar-refractivity contribution in [2.45, 2.75) is 31.3 Å². The van der Waals surface area contributed by atoms with Crippen LogP contribution in [0.1, 0.15) is 18.4 Å². The molecule has 0 fully saturated rings. The lowest BCUT2D eigenvalue weighted by atomic mass is 10.1. The molecular weight excluding hydrogens is 312 g/mol. The highest BCUT2D eigenvalue weighted by molar-refractivity contribution is 5.79. The SMILES string of the molecule is NC(=O)C(N)Cc1ccccc1.NC(N)=NCCCC(N)C(=O)O. The molecule has 0 aromatic heterocycles. The summed E-state index contributed by atoms with van der Waals surface area (Å²) in [4.78, 5) is 24.5. The fourth-order valence-electron chi connectivity index (χ4n) is 1.61. The van der Waals surface area contributed by atoms with Crippen molar-refractivity contribution in [3.8, 4) is 0 Å². The van der Waals surface area contributed by atoms with Gasteiger partial charge in [-0.1, -0.05) is 30.3 Å². The molecule has 1 aromatic rings. The summed E-state index contributed by atoms with van der Waals surface area (Å²) in [6.45, 7) is 0.420. The molecule has 0 radical (unpaired) electrons. The molecule has 24 heavy (non-hydrogen) atoms. The third-order valence-electron chi connectivity index (χ3n) is 2.95. The van der Waals surface area contributed by atoms with Crippen LogP contribution in [0, 0.1) is 0 Å². The van der Waals surface area contributed by atoms with Crippen LogP contribution in [0.15, 0.2) is 35.3 Å². The largest absolute Gasteiger partial charge is 0.480 e. The van der Waals surface area contributed by atoms with Gasteiger partial charge in [-0.2, -0.15) is 0 Å². The average Bonchev–Trinajstić information content (AvgIpc) is 2.52. The maximum Gasteiger partial charge on any atom is 0.320 e. The van der Waals surface area contributed by atoms with Crippen LogP contribution in [0.3, 0.4) is 0 Å². The van der Waals surface area contributed by atoms with Gasteiger partial charge in [-0.3, -0.25) is 14.6 Å². The van der Waals surface area contributed by atoms with Gasteiger partial charge in [0.1, 0.15) is 6.04 Å². The Balaban J connectivity index is 0.000000441. The summed E-state index contributed by atoms with van der Waals surface area (Å²) in [6, 6.07) is 8.17. The normalized spacial score (nSPS) is 12.2. The number of primary amides is 1. The molecule has 0 aliphatic heterocycles. The van der Waals surface area contributed by atoms with Crippen LogP contribution in [0.5, 0.6) is 0 Å². The molecule has 0 aliphatic rings. The Kier molecular flexibility index (Phi) is 10.5. The summed E-state index contributed by atoms with van der Waals surface area (Å²) < 4.78 is 0. The Morgan fingerprint density at radius 1 is 1.04 bits per heavy atom. The summed E-state index contributed by atoms with van der Waals surface area (Å²) in [5.74, 6) is -1.45. The molecule has 0 heterocycles. The topological polar surface area (TPSA) is 197 Å². The van der Waals surface area contributed by atoms with Crippen molar-refractivity contribution in [1.29, 1.82) is 0 Å². The van der Waals surface area contributed by atoms with Crippen LogP contribution < -0.4 is 28.7 Å². The lowest BCUT2D eigenvalue weighted by Crippen LogP contribution is -2.38. The van der Waals surface area contributed by atoms with Crippen molar-refractivity contribution >= 4 is 17.8 Å². The number of aliphatic imine (C=N–C) groups is 1. The number of benzene rings is 1. The lowest BCUT2D eigenvalue weighted by Gasteiger charge is -2.06. The number of hydrogen-bond donors (Lipinski definition) is 6. The Bertz CT molecular complexity index is 531. The van der Waals surface area contributed by atoms with Gasteiger partial charge in [0.2, 0.25) is 5.91 Å². The van der Waals surface area contributed by atoms with Crippen molar-refractivity contribution in [2.24, 2.45) is 33.7 Å². The van der Waals surface area contributed by atoms with E-state index in [0.29, 0.717) is 25.8 Å². The van der Waals surface area contributed by atoms with E-state index < -0.39 is 24.0 Å². The van der Waals surface area contributed by atoms with E-state index in [0.717, 1.165) is 5.56 Å². The van der Waals surface area contributed by atoms with Crippen molar-refractivity contribution in [3.63, 3.8) is 0 Å². The standard InChI is InChI=1S/C9H12N2O.C6H14N4O2/c10-8(9(11)12)6-7-4-2-1-3-5-7;7-4(5(11)12)2-1-3-10-6(8)9/h1-5,8H,6,10H2,(H2,11,12);4H,1-3,7H2,(H,11,12)(H4,8,9,10). The minimum absolute atomic E-state index is 0.0129. The first-order chi connectivity index (χ1) is 11.2. The van der Waals surface area contributed by atoms with Gasteiger partial charge in [0.05, 0.1) is 6.04 Å². The summed E-state index contributed by atoms with van der Waals surface area (Å²) in [7, 11) is 0. The van der Waals surface area contributed by atoms with Gasteiger partial charge in [0.25, 0.3) is 0 Å². The molecule has 2 atom stereocenters. The van der Waals surface area contributed by atoms with Crippen LogP contribution in [0.2, 0.25) is 0 Å². The fraction of sp³-hybridized carbons (Fsp3) is 0.400. The van der Waals surface area contributed by atoms with Gasteiger partial charge in [0, 0.05) is 6.54 Å². The number of guanidine groups is 1. The molecule has 0 saturated heterocycles. The van der Waals surface area contributed by atoms with E-state index in [4.69, 9.17) is 33.8 Å². The van der Waals surface area contributed by atoms with Gasteiger partial charge in [-0.05, 0) is 24.8 Å². The van der Waals surface area contributed by atoms with E-state index in [1.807, 2.05) is 30.3 Å². The first-order valence-corrected chi connectivity index (χ1v) is 7.36. The van der Waals surface area contributed by atoms with Crippen molar-refractivity contribution in [3.05, 3.63) is 35.9 Å². The Morgan fingerprint density at radius 2 is 1.62 bits per heavy atom. The Labute approximate surface area is 140 Å². The maximum atomic E-state index is 10.6. The number of carbonyl (C=O) groups excluding carboxylic acids is 1. The monoisotopic (exact) mass is 338 g/mol. The minimum Gasteiger partial charge on any atom is -0.480 e. The zero-order valence-corrected chi connectivity index (χ0v) is 13.5. The molecule has 0 aliphatic carbocycles. The van der Waals surface area contributed by atoms with E-state index in [1.54, 1.807) is 0 Å². The quantitative estimate of drug-likeness (QED) is 0.188. The van der Waals surface area contributed by atoms with E-state index in [1.165, 1.54) is 0 Å². The van der Waals surface area contributed by atoms with Crippen LogP contribution >= 0.6 is 0 Å². The Hall–Kier alpha value is -2.65. The van der Waals surface area contributed by atoms with Crippen LogP contribution in [-0.4, -0.2) is 41.6 Å². The number of carboxylic acid groups (broad SMARTS) is 1. The highest BCUT2D eigenvalue weighted by Gasteiger charge is 2.09. The Morgan fingerprint density at radius 3 is 2.08 bits per heavy atom. The predicted molar refractivity (Wildman–Crippen MR) is 92.8 cm³/mol. The van der Waals surface area contributed by atoms with Gasteiger partial charge in [-0.15, -0.1) is 0 Å². The highest BCUT2D eigenvalue weighted by atomic mass is 16.4. The van der Waals surface area contributed by atoms with Crippen LogP contribution in [-0.2, 0) is 16.0 Å². The second-order valence-corrected chi connectivity index (χ2v) is 5.09. The predicted octanol–water partition coefficient (Wildman–Crippen LogP) is -1.51. The van der Waals surface area contributed by atoms with Crippen LogP contribution in [0.4, 0.5) is 0 Å². The fourth-order valence-corrected chi connectivity index (χ4v) is 1.61. The number of nitrogens with two attached hydrogens (primary N) is 5. The molecule has 9 nitrogen and oxygen atoms in total. The number of aliphatic carboxylic acids is 1. The third kappa shape index (κ3) is 11.0. The molecular formula is C15H26N6O3. The van der Waals surface area contributed by atoms with E-state index in [9.17, 15) is 9.59 Å². The number of amides is 1. The summed E-state index contributed by atoms with van der Waals surface area (Å²) >= 11 is 0. The number of nitrogens with zero attached hydrogens (tertiary/aromatic N) is 1. The van der Waals surface area contributed by atoms with Gasteiger partial charge >= 0.3 is 5.97 Å². The lowest BCUT2D eigenvalue weighted by molar-refractivity contribution is -0.138. The zero-order chi connectivity index (χ0) is 18.5. The third-order valence-corrected chi connectivity index (χ3v) is 2.95. The smallest absolute Gasteiger partial charge is 0.320 e. The molecule has 0 bridgehead atoms. The number of carbonyl (C=O) groups is 2. The van der Waals surface area contributed by atoms with E-state index in [-0.39, 0.29) is 5.96 Å².